The molecule has 142 valence electrons. The van der Waals surface area contributed by atoms with Gasteiger partial charge in [0.1, 0.15) is 5.75 Å². The molecule has 1 N–H and O–H groups in total. The van der Waals surface area contributed by atoms with Gasteiger partial charge in [-0.05, 0) is 30.2 Å². The molecule has 1 unspecified atom stereocenters. The second-order valence-electron chi connectivity index (χ2n) is 5.75. The van der Waals surface area contributed by atoms with Crippen molar-refractivity contribution in [3.63, 3.8) is 0 Å². The van der Waals surface area contributed by atoms with Crippen LogP contribution in [0.2, 0.25) is 0 Å². The van der Waals surface area contributed by atoms with Crippen molar-refractivity contribution in [3.05, 3.63) is 65.2 Å². The Morgan fingerprint density at radius 3 is 2.56 bits per heavy atom. The summed E-state index contributed by atoms with van der Waals surface area (Å²) < 4.78 is 29.7. The molecule has 4 nitrogen and oxygen atoms in total. The number of ether oxygens (including phenoxy) is 1. The van der Waals surface area contributed by atoms with Crippen LogP contribution >= 0.6 is 11.8 Å². The van der Waals surface area contributed by atoms with Crippen LogP contribution in [0.3, 0.4) is 0 Å². The zero-order valence-corrected chi connectivity index (χ0v) is 15.6. The van der Waals surface area contributed by atoms with Crippen LogP contribution in [0.4, 0.5) is 8.78 Å². The quantitative estimate of drug-likeness (QED) is 0.676. The predicted molar refractivity (Wildman–Crippen MR) is 102 cm³/mol. The standard InChI is InChI=1S/C20H20F2N2O2S/c1-2-17(16-5-3-4-6-18(16)26-20(21)22)24-19(25)13-27-12-15-9-7-14(11-23)8-10-15/h3-10,17,20H,2,12-13H2,1H3,(H,24,25). The molecule has 2 aromatic rings. The lowest BCUT2D eigenvalue weighted by Gasteiger charge is -2.20. The van der Waals surface area contributed by atoms with E-state index in [4.69, 9.17) is 5.26 Å². The molecule has 1 atom stereocenters. The molecule has 2 aromatic carbocycles. The number of halogens is 2. The van der Waals surface area contributed by atoms with Crippen LogP contribution in [0, 0.1) is 11.3 Å². The van der Waals surface area contributed by atoms with Crippen LogP contribution in [0.15, 0.2) is 48.5 Å². The van der Waals surface area contributed by atoms with E-state index in [1.54, 1.807) is 30.3 Å². The minimum atomic E-state index is -2.91. The Kier molecular flexibility index (Phi) is 8.08. The number of hydrogen-bond donors (Lipinski definition) is 1. The summed E-state index contributed by atoms with van der Waals surface area (Å²) >= 11 is 1.44. The maximum atomic E-state index is 12.6. The van der Waals surface area contributed by atoms with Crippen LogP contribution in [-0.4, -0.2) is 18.3 Å². The Morgan fingerprint density at radius 1 is 1.22 bits per heavy atom. The molecular weight excluding hydrogens is 370 g/mol. The van der Waals surface area contributed by atoms with E-state index < -0.39 is 12.7 Å². The lowest BCUT2D eigenvalue weighted by molar-refractivity contribution is -0.119. The van der Waals surface area contributed by atoms with Gasteiger partial charge in [-0.25, -0.2) is 0 Å². The molecule has 0 aliphatic rings. The molecule has 0 spiro atoms. The van der Waals surface area contributed by atoms with Gasteiger partial charge in [-0.1, -0.05) is 37.3 Å². The SMILES string of the molecule is CCC(NC(=O)CSCc1ccc(C#N)cc1)c1ccccc1OC(F)F. The third-order valence-electron chi connectivity index (χ3n) is 3.84. The van der Waals surface area contributed by atoms with Crippen molar-refractivity contribution in [2.75, 3.05) is 5.75 Å². The predicted octanol–water partition coefficient (Wildman–Crippen LogP) is 4.66. The normalized spacial score (nSPS) is 11.7. The van der Waals surface area contributed by atoms with Gasteiger partial charge in [-0.15, -0.1) is 11.8 Å². The lowest BCUT2D eigenvalue weighted by atomic mass is 10.0. The van der Waals surface area contributed by atoms with E-state index in [2.05, 4.69) is 16.1 Å². The molecule has 27 heavy (non-hydrogen) atoms. The fourth-order valence-electron chi connectivity index (χ4n) is 2.54. The number of nitriles is 1. The Bertz CT molecular complexity index is 791. The van der Waals surface area contributed by atoms with E-state index in [1.165, 1.54) is 17.8 Å². The smallest absolute Gasteiger partial charge is 0.387 e. The van der Waals surface area contributed by atoms with E-state index in [-0.39, 0.29) is 17.4 Å². The van der Waals surface area contributed by atoms with Crippen LogP contribution in [-0.2, 0) is 10.5 Å². The molecule has 0 bridgehead atoms. The number of rotatable bonds is 9. The van der Waals surface area contributed by atoms with Crippen LogP contribution in [0.25, 0.3) is 0 Å². The molecular formula is C20H20F2N2O2S. The Labute approximate surface area is 161 Å². The van der Waals surface area contributed by atoms with E-state index in [0.29, 0.717) is 23.3 Å². The first kappa shape index (κ1) is 20.7. The highest BCUT2D eigenvalue weighted by atomic mass is 32.2. The molecule has 1 amide bonds. The molecule has 0 saturated heterocycles. The summed E-state index contributed by atoms with van der Waals surface area (Å²) in [5.74, 6) is 0.785. The maximum absolute atomic E-state index is 12.6. The Morgan fingerprint density at radius 2 is 1.93 bits per heavy atom. The van der Waals surface area contributed by atoms with Gasteiger partial charge in [-0.3, -0.25) is 4.79 Å². The summed E-state index contributed by atoms with van der Waals surface area (Å²) in [6.45, 7) is -1.05. The first-order valence-corrected chi connectivity index (χ1v) is 9.58. The van der Waals surface area contributed by atoms with Crippen molar-refractivity contribution in [1.82, 2.24) is 5.32 Å². The summed E-state index contributed by atoms with van der Waals surface area (Å²) in [5.41, 5.74) is 2.15. The molecule has 2 rings (SSSR count). The number of thioether (sulfide) groups is 1. The Balaban J connectivity index is 1.90. The lowest BCUT2D eigenvalue weighted by Crippen LogP contribution is -2.30. The molecule has 0 radical (unpaired) electrons. The van der Waals surface area contributed by atoms with E-state index >= 15 is 0 Å². The highest BCUT2D eigenvalue weighted by Crippen LogP contribution is 2.28. The topological polar surface area (TPSA) is 62.1 Å². The summed E-state index contributed by atoms with van der Waals surface area (Å²) in [5, 5.41) is 11.7. The second kappa shape index (κ2) is 10.5. The van der Waals surface area contributed by atoms with Crippen molar-refractivity contribution >= 4 is 17.7 Å². The van der Waals surface area contributed by atoms with Gasteiger partial charge in [-0.2, -0.15) is 14.0 Å². The number of para-hydroxylation sites is 1. The molecule has 0 aliphatic heterocycles. The average molecular weight is 390 g/mol. The van der Waals surface area contributed by atoms with Crippen molar-refractivity contribution < 1.29 is 18.3 Å². The molecule has 0 aliphatic carbocycles. The second-order valence-corrected chi connectivity index (χ2v) is 6.73. The number of alkyl halides is 2. The molecule has 0 fully saturated rings. The Hall–Kier alpha value is -2.59. The number of carbonyl (C=O) groups is 1. The zero-order chi connectivity index (χ0) is 19.6. The number of hydrogen-bond acceptors (Lipinski definition) is 4. The van der Waals surface area contributed by atoms with Gasteiger partial charge in [0.2, 0.25) is 5.91 Å². The third kappa shape index (κ3) is 6.57. The van der Waals surface area contributed by atoms with Gasteiger partial charge in [0.15, 0.2) is 0 Å². The van der Waals surface area contributed by atoms with Crippen LogP contribution in [0.5, 0.6) is 5.75 Å². The third-order valence-corrected chi connectivity index (χ3v) is 4.84. The first-order chi connectivity index (χ1) is 13.0. The van der Waals surface area contributed by atoms with E-state index in [1.807, 2.05) is 19.1 Å². The maximum Gasteiger partial charge on any atom is 0.387 e. The van der Waals surface area contributed by atoms with Crippen molar-refractivity contribution in [2.24, 2.45) is 0 Å². The highest BCUT2D eigenvalue weighted by Gasteiger charge is 2.18. The van der Waals surface area contributed by atoms with Gasteiger partial charge in [0, 0.05) is 11.3 Å². The van der Waals surface area contributed by atoms with Crippen molar-refractivity contribution in [3.8, 4) is 11.8 Å². The largest absolute Gasteiger partial charge is 0.434 e. The van der Waals surface area contributed by atoms with Crippen molar-refractivity contribution in [1.29, 1.82) is 5.26 Å². The van der Waals surface area contributed by atoms with Gasteiger partial charge >= 0.3 is 6.61 Å². The summed E-state index contributed by atoms with van der Waals surface area (Å²) in [4.78, 5) is 12.2. The fraction of sp³-hybridized carbons (Fsp3) is 0.300. The van der Waals surface area contributed by atoms with Gasteiger partial charge in [0.25, 0.3) is 0 Å². The van der Waals surface area contributed by atoms with Crippen LogP contribution in [0.1, 0.15) is 36.1 Å². The number of amides is 1. The minimum Gasteiger partial charge on any atom is -0.434 e. The monoisotopic (exact) mass is 390 g/mol. The highest BCUT2D eigenvalue weighted by molar-refractivity contribution is 7.99. The first-order valence-electron chi connectivity index (χ1n) is 8.43. The van der Waals surface area contributed by atoms with E-state index in [9.17, 15) is 13.6 Å². The van der Waals surface area contributed by atoms with Crippen LogP contribution < -0.4 is 10.1 Å². The number of nitrogens with one attached hydrogen (secondary N) is 1. The summed E-state index contributed by atoms with van der Waals surface area (Å²) in [6, 6.07) is 15.3. The zero-order valence-electron chi connectivity index (χ0n) is 14.8. The fourth-order valence-corrected chi connectivity index (χ4v) is 3.34. The molecule has 0 heterocycles. The van der Waals surface area contributed by atoms with Gasteiger partial charge < -0.3 is 10.1 Å². The number of carbonyl (C=O) groups excluding carboxylic acids is 1. The summed E-state index contributed by atoms with van der Waals surface area (Å²) in [7, 11) is 0. The molecule has 0 saturated carbocycles. The summed E-state index contributed by atoms with van der Waals surface area (Å²) in [6.07, 6.45) is 0.551. The average Bonchev–Trinajstić information content (AvgIpc) is 2.67. The van der Waals surface area contributed by atoms with E-state index in [0.717, 1.165) is 5.56 Å². The minimum absolute atomic E-state index is 0.0740. The van der Waals surface area contributed by atoms with Crippen molar-refractivity contribution in [2.45, 2.75) is 31.8 Å². The molecule has 7 heteroatoms. The van der Waals surface area contributed by atoms with Gasteiger partial charge in [0.05, 0.1) is 23.4 Å². The number of benzene rings is 2. The number of nitrogens with zero attached hydrogens (tertiary/aromatic N) is 1. The molecule has 0 aromatic heterocycles.